The summed E-state index contributed by atoms with van der Waals surface area (Å²) >= 11 is 0. The largest absolute Gasteiger partial charge is 0.313 e. The summed E-state index contributed by atoms with van der Waals surface area (Å²) in [5, 5.41) is 3.44. The number of hydrogen-bond donors (Lipinski definition) is 1. The van der Waals surface area contributed by atoms with Gasteiger partial charge in [0.25, 0.3) is 0 Å². The van der Waals surface area contributed by atoms with Crippen molar-refractivity contribution in [3.05, 3.63) is 0 Å². The molecule has 0 radical (unpaired) electrons. The number of nitrogens with zero attached hydrogens (tertiary/aromatic N) is 2. The van der Waals surface area contributed by atoms with Crippen molar-refractivity contribution in [3.8, 4) is 0 Å². The van der Waals surface area contributed by atoms with E-state index >= 15 is 0 Å². The van der Waals surface area contributed by atoms with Gasteiger partial charge in [0.2, 0.25) is 0 Å². The highest BCUT2D eigenvalue weighted by Gasteiger charge is 2.19. The van der Waals surface area contributed by atoms with Crippen molar-refractivity contribution in [2.75, 3.05) is 45.8 Å². The second kappa shape index (κ2) is 7.87. The molecular weight excluding hydrogens is 226 g/mol. The summed E-state index contributed by atoms with van der Waals surface area (Å²) in [6.07, 6.45) is 0. The quantitative estimate of drug-likeness (QED) is 0.731. The van der Waals surface area contributed by atoms with Gasteiger partial charge in [-0.2, -0.15) is 0 Å². The summed E-state index contributed by atoms with van der Waals surface area (Å²) in [6.45, 7) is 15.4. The van der Waals surface area contributed by atoms with Gasteiger partial charge in [-0.25, -0.2) is 0 Å². The number of nitrogens with one attached hydrogen (secondary N) is 1. The van der Waals surface area contributed by atoms with Gasteiger partial charge in [0, 0.05) is 51.2 Å². The molecule has 1 N–H and O–H groups in total. The summed E-state index contributed by atoms with van der Waals surface area (Å²) in [7, 11) is 0. The van der Waals surface area contributed by atoms with E-state index in [1.807, 2.05) is 13.8 Å². The Morgan fingerprint density at radius 3 is 2.11 bits per heavy atom. The van der Waals surface area contributed by atoms with Crippen LogP contribution in [0.4, 0.5) is 0 Å². The number of hydrogen-bond acceptors (Lipinski definition) is 4. The number of rotatable bonds is 7. The molecule has 106 valence electrons. The molecule has 1 fully saturated rings. The van der Waals surface area contributed by atoms with Gasteiger partial charge in [0.15, 0.2) is 0 Å². The predicted molar refractivity (Wildman–Crippen MR) is 75.9 cm³/mol. The van der Waals surface area contributed by atoms with Gasteiger partial charge in [-0.3, -0.25) is 14.6 Å². The van der Waals surface area contributed by atoms with Crippen LogP contribution in [0.5, 0.6) is 0 Å². The number of ketones is 1. The third-order valence-corrected chi connectivity index (χ3v) is 3.47. The van der Waals surface area contributed by atoms with Crippen molar-refractivity contribution in [1.29, 1.82) is 0 Å². The maximum atomic E-state index is 11.7. The molecule has 1 aliphatic rings. The van der Waals surface area contributed by atoms with E-state index in [4.69, 9.17) is 0 Å². The maximum Gasteiger partial charge on any atom is 0.149 e. The fraction of sp³-hybridized carbons (Fsp3) is 0.929. The van der Waals surface area contributed by atoms with Crippen LogP contribution >= 0.6 is 0 Å². The first-order valence-electron chi connectivity index (χ1n) is 7.20. The first-order valence-corrected chi connectivity index (χ1v) is 7.20. The van der Waals surface area contributed by atoms with Gasteiger partial charge in [0.05, 0.1) is 6.54 Å². The smallest absolute Gasteiger partial charge is 0.149 e. The van der Waals surface area contributed by atoms with Crippen LogP contribution in [0.15, 0.2) is 0 Å². The van der Waals surface area contributed by atoms with Crippen molar-refractivity contribution in [2.45, 2.75) is 33.7 Å². The van der Waals surface area contributed by atoms with E-state index in [0.29, 0.717) is 18.4 Å². The average molecular weight is 255 g/mol. The van der Waals surface area contributed by atoms with Crippen LogP contribution in [-0.2, 0) is 4.79 Å². The zero-order valence-corrected chi connectivity index (χ0v) is 12.4. The van der Waals surface area contributed by atoms with E-state index in [0.717, 1.165) is 39.3 Å². The highest BCUT2D eigenvalue weighted by Crippen LogP contribution is 2.03. The van der Waals surface area contributed by atoms with Gasteiger partial charge in [0.1, 0.15) is 5.78 Å². The molecule has 0 spiro atoms. The van der Waals surface area contributed by atoms with Crippen LogP contribution in [0, 0.1) is 5.92 Å². The lowest BCUT2D eigenvalue weighted by molar-refractivity contribution is -0.123. The van der Waals surface area contributed by atoms with E-state index < -0.39 is 0 Å². The minimum absolute atomic E-state index is 0.165. The molecule has 0 saturated carbocycles. The van der Waals surface area contributed by atoms with E-state index in [2.05, 4.69) is 29.0 Å². The van der Waals surface area contributed by atoms with Crippen LogP contribution < -0.4 is 5.32 Å². The third kappa shape index (κ3) is 5.94. The normalized spacial score (nSPS) is 18.8. The number of carbonyl (C=O) groups excluding carboxylic acids is 1. The molecule has 4 nitrogen and oxygen atoms in total. The van der Waals surface area contributed by atoms with Gasteiger partial charge in [-0.1, -0.05) is 27.7 Å². The van der Waals surface area contributed by atoms with Crippen LogP contribution in [-0.4, -0.2) is 67.4 Å². The highest BCUT2D eigenvalue weighted by molar-refractivity contribution is 5.82. The molecule has 0 aromatic carbocycles. The molecule has 0 aromatic heterocycles. The Morgan fingerprint density at radius 1 is 1.06 bits per heavy atom. The van der Waals surface area contributed by atoms with E-state index in [9.17, 15) is 4.79 Å². The standard InChI is InChI=1S/C14H29N3O/c1-12(2)14(18)11-17-9-7-16(8-10-17)6-5-15-13(3)4/h12-13,15H,5-11H2,1-4H3. The fourth-order valence-electron chi connectivity index (χ4n) is 2.09. The zero-order chi connectivity index (χ0) is 13.5. The summed E-state index contributed by atoms with van der Waals surface area (Å²) in [5.41, 5.74) is 0. The van der Waals surface area contributed by atoms with Crippen LogP contribution in [0.25, 0.3) is 0 Å². The molecule has 0 unspecified atom stereocenters. The molecule has 0 bridgehead atoms. The molecule has 1 aliphatic heterocycles. The Kier molecular flexibility index (Phi) is 6.82. The van der Waals surface area contributed by atoms with Crippen molar-refractivity contribution < 1.29 is 4.79 Å². The van der Waals surface area contributed by atoms with Crippen molar-refractivity contribution in [2.24, 2.45) is 5.92 Å². The van der Waals surface area contributed by atoms with E-state index in [1.54, 1.807) is 0 Å². The van der Waals surface area contributed by atoms with Crippen molar-refractivity contribution in [1.82, 2.24) is 15.1 Å². The second-order valence-electron chi connectivity index (χ2n) is 5.85. The van der Waals surface area contributed by atoms with Crippen LogP contribution in [0.1, 0.15) is 27.7 Å². The van der Waals surface area contributed by atoms with Crippen molar-refractivity contribution >= 4 is 5.78 Å². The molecule has 1 heterocycles. The molecule has 0 amide bonds. The first kappa shape index (κ1) is 15.6. The maximum absolute atomic E-state index is 11.7. The van der Waals surface area contributed by atoms with Gasteiger partial charge in [-0.15, -0.1) is 0 Å². The lowest BCUT2D eigenvalue weighted by atomic mass is 10.1. The molecule has 18 heavy (non-hydrogen) atoms. The Morgan fingerprint density at radius 2 is 1.61 bits per heavy atom. The summed E-state index contributed by atoms with van der Waals surface area (Å²) < 4.78 is 0. The first-order chi connectivity index (χ1) is 8.49. The Hall–Kier alpha value is -0.450. The summed E-state index contributed by atoms with van der Waals surface area (Å²) in [4.78, 5) is 16.4. The minimum Gasteiger partial charge on any atom is -0.313 e. The van der Waals surface area contributed by atoms with Gasteiger partial charge in [-0.05, 0) is 0 Å². The number of piperazine rings is 1. The van der Waals surface area contributed by atoms with E-state index in [1.165, 1.54) is 0 Å². The van der Waals surface area contributed by atoms with Gasteiger partial charge < -0.3 is 5.32 Å². The molecule has 1 rings (SSSR count). The number of Topliss-reactive ketones (excluding diaryl/α,β-unsaturated/α-hetero) is 1. The average Bonchev–Trinajstić information content (AvgIpc) is 2.30. The molecule has 0 aromatic rings. The SMILES string of the molecule is CC(C)NCCN1CCN(CC(=O)C(C)C)CC1. The van der Waals surface area contributed by atoms with Crippen LogP contribution in [0.3, 0.4) is 0 Å². The molecule has 0 aliphatic carbocycles. The fourth-order valence-corrected chi connectivity index (χ4v) is 2.09. The topological polar surface area (TPSA) is 35.6 Å². The molecule has 1 saturated heterocycles. The predicted octanol–water partition coefficient (Wildman–Crippen LogP) is 0.827. The molecular formula is C14H29N3O. The Bertz CT molecular complexity index is 245. The summed E-state index contributed by atoms with van der Waals surface area (Å²) in [6, 6.07) is 0.565. The van der Waals surface area contributed by atoms with E-state index in [-0.39, 0.29) is 5.92 Å². The molecule has 0 atom stereocenters. The van der Waals surface area contributed by atoms with Crippen LogP contribution in [0.2, 0.25) is 0 Å². The second-order valence-corrected chi connectivity index (χ2v) is 5.85. The highest BCUT2D eigenvalue weighted by atomic mass is 16.1. The van der Waals surface area contributed by atoms with Gasteiger partial charge >= 0.3 is 0 Å². The monoisotopic (exact) mass is 255 g/mol. The lowest BCUT2D eigenvalue weighted by Gasteiger charge is -2.34. The minimum atomic E-state index is 0.165. The zero-order valence-electron chi connectivity index (χ0n) is 12.4. The summed E-state index contributed by atoms with van der Waals surface area (Å²) in [5.74, 6) is 0.531. The Balaban J connectivity index is 2.14. The van der Waals surface area contributed by atoms with Crippen molar-refractivity contribution in [3.63, 3.8) is 0 Å². The third-order valence-electron chi connectivity index (χ3n) is 3.47. The molecule has 4 heteroatoms. The Labute approximate surface area is 112 Å². The number of carbonyl (C=O) groups is 1. The lowest BCUT2D eigenvalue weighted by Crippen LogP contribution is -2.49.